The summed E-state index contributed by atoms with van der Waals surface area (Å²) in [6.45, 7) is 2.64. The number of benzene rings is 2. The van der Waals surface area contributed by atoms with E-state index >= 15 is 0 Å². The third-order valence-electron chi connectivity index (χ3n) is 3.52. The maximum atomic E-state index is 12.1. The highest BCUT2D eigenvalue weighted by Gasteiger charge is 2.09. The van der Waals surface area contributed by atoms with Crippen LogP contribution in [0.25, 0.3) is 0 Å². The Morgan fingerprint density at radius 3 is 2.63 bits per heavy atom. The number of amides is 1. The van der Waals surface area contributed by atoms with Crippen molar-refractivity contribution in [2.45, 2.75) is 26.2 Å². The van der Waals surface area contributed by atoms with E-state index in [0.29, 0.717) is 46.7 Å². The average molecular weight is 410 g/mol. The normalized spacial score (nSPS) is 10.3. The van der Waals surface area contributed by atoms with Crippen LogP contribution in [0.3, 0.4) is 0 Å². The predicted octanol–water partition coefficient (Wildman–Crippen LogP) is 5.36. The third-order valence-corrected chi connectivity index (χ3v) is 4.05. The summed E-state index contributed by atoms with van der Waals surface area (Å²) in [6.07, 6.45) is 1.55. The smallest absolute Gasteiger partial charge is 0.338 e. The lowest BCUT2D eigenvalue weighted by molar-refractivity contribution is -0.116. The second-order valence-electron chi connectivity index (χ2n) is 5.79. The first-order chi connectivity index (χ1) is 13.0. The summed E-state index contributed by atoms with van der Waals surface area (Å²) in [4.78, 5) is 23.9. The number of ether oxygens (including phenoxy) is 2. The van der Waals surface area contributed by atoms with E-state index in [-0.39, 0.29) is 12.3 Å². The molecule has 2 rings (SSSR count). The molecule has 0 unspecified atom stereocenters. The maximum absolute atomic E-state index is 12.1. The number of hydrogen-bond acceptors (Lipinski definition) is 4. The standard InChI is InChI=1S/C20H21Cl2NO4/c1-2-10-27-20(25)14-5-3-6-16(12-14)23-19(24)7-4-11-26-18-9-8-15(21)13-17(18)22/h3,5-6,8-9,12-13H,2,4,7,10-11H2,1H3,(H,23,24). The summed E-state index contributed by atoms with van der Waals surface area (Å²) < 4.78 is 10.6. The lowest BCUT2D eigenvalue weighted by Crippen LogP contribution is -2.13. The third kappa shape index (κ3) is 7.12. The Bertz CT molecular complexity index is 795. The van der Waals surface area contributed by atoms with Gasteiger partial charge in [-0.25, -0.2) is 4.79 Å². The molecule has 2 aromatic rings. The Morgan fingerprint density at radius 2 is 1.89 bits per heavy atom. The van der Waals surface area contributed by atoms with Gasteiger partial charge in [0.1, 0.15) is 5.75 Å². The molecule has 0 radical (unpaired) electrons. The lowest BCUT2D eigenvalue weighted by Gasteiger charge is -2.09. The number of anilines is 1. The van der Waals surface area contributed by atoms with Gasteiger partial charge in [0.15, 0.2) is 0 Å². The first-order valence-electron chi connectivity index (χ1n) is 8.64. The highest BCUT2D eigenvalue weighted by atomic mass is 35.5. The largest absolute Gasteiger partial charge is 0.492 e. The van der Waals surface area contributed by atoms with Gasteiger partial charge in [-0.2, -0.15) is 0 Å². The van der Waals surface area contributed by atoms with Crippen LogP contribution in [0, 0.1) is 0 Å². The summed E-state index contributed by atoms with van der Waals surface area (Å²) >= 11 is 11.9. The van der Waals surface area contributed by atoms with Crippen LogP contribution in [0.5, 0.6) is 5.75 Å². The molecule has 2 aromatic carbocycles. The lowest BCUT2D eigenvalue weighted by atomic mass is 10.2. The molecule has 0 atom stereocenters. The Hall–Kier alpha value is -2.24. The second kappa shape index (κ2) is 10.8. The number of nitrogens with one attached hydrogen (secondary N) is 1. The van der Waals surface area contributed by atoms with Crippen LogP contribution in [0.1, 0.15) is 36.5 Å². The van der Waals surface area contributed by atoms with Crippen LogP contribution in [-0.4, -0.2) is 25.1 Å². The van der Waals surface area contributed by atoms with Crippen molar-refractivity contribution in [3.05, 3.63) is 58.1 Å². The Morgan fingerprint density at radius 1 is 1.07 bits per heavy atom. The molecule has 0 aromatic heterocycles. The van der Waals surface area contributed by atoms with Gasteiger partial charge >= 0.3 is 5.97 Å². The molecule has 0 aliphatic rings. The molecule has 0 saturated heterocycles. The summed E-state index contributed by atoms with van der Waals surface area (Å²) in [5, 5.41) is 3.73. The maximum Gasteiger partial charge on any atom is 0.338 e. The number of esters is 1. The van der Waals surface area contributed by atoms with Crippen LogP contribution in [0.15, 0.2) is 42.5 Å². The Kier molecular flexibility index (Phi) is 8.43. The van der Waals surface area contributed by atoms with E-state index in [1.807, 2.05) is 6.92 Å². The minimum atomic E-state index is -0.402. The minimum Gasteiger partial charge on any atom is -0.492 e. The number of rotatable bonds is 9. The first kappa shape index (κ1) is 21.1. The number of carbonyl (C=O) groups is 2. The van der Waals surface area contributed by atoms with Gasteiger partial charge in [0.25, 0.3) is 0 Å². The van der Waals surface area contributed by atoms with E-state index in [0.717, 1.165) is 6.42 Å². The van der Waals surface area contributed by atoms with E-state index in [1.165, 1.54) is 0 Å². The predicted molar refractivity (Wildman–Crippen MR) is 107 cm³/mol. The van der Waals surface area contributed by atoms with Gasteiger partial charge in [-0.15, -0.1) is 0 Å². The Labute approximate surface area is 168 Å². The molecular formula is C20H21Cl2NO4. The van der Waals surface area contributed by atoms with Crippen LogP contribution < -0.4 is 10.1 Å². The van der Waals surface area contributed by atoms with Gasteiger partial charge in [-0.05, 0) is 49.2 Å². The second-order valence-corrected chi connectivity index (χ2v) is 6.64. The van der Waals surface area contributed by atoms with Gasteiger partial charge in [0.05, 0.1) is 23.8 Å². The van der Waals surface area contributed by atoms with E-state index in [9.17, 15) is 9.59 Å². The first-order valence-corrected chi connectivity index (χ1v) is 9.40. The summed E-state index contributed by atoms with van der Waals surface area (Å²) in [5.74, 6) is -0.0409. The molecule has 0 heterocycles. The van der Waals surface area contributed by atoms with Gasteiger partial charge in [0.2, 0.25) is 5.91 Å². The van der Waals surface area contributed by atoms with Gasteiger partial charge in [-0.1, -0.05) is 36.2 Å². The summed E-state index contributed by atoms with van der Waals surface area (Å²) in [6, 6.07) is 11.6. The van der Waals surface area contributed by atoms with E-state index < -0.39 is 5.97 Å². The molecular weight excluding hydrogens is 389 g/mol. The van der Waals surface area contributed by atoms with Crippen LogP contribution >= 0.6 is 23.2 Å². The number of hydrogen-bond donors (Lipinski definition) is 1. The highest BCUT2D eigenvalue weighted by molar-refractivity contribution is 6.35. The van der Waals surface area contributed by atoms with Crippen molar-refractivity contribution in [2.24, 2.45) is 0 Å². The SMILES string of the molecule is CCCOC(=O)c1cccc(NC(=O)CCCOc2ccc(Cl)cc2Cl)c1. The van der Waals surface area contributed by atoms with Crippen LogP contribution in [0.4, 0.5) is 5.69 Å². The molecule has 1 amide bonds. The molecule has 0 saturated carbocycles. The molecule has 0 bridgehead atoms. The fourth-order valence-corrected chi connectivity index (χ4v) is 2.70. The van der Waals surface area contributed by atoms with Crippen LogP contribution in [-0.2, 0) is 9.53 Å². The van der Waals surface area contributed by atoms with Gasteiger partial charge in [-0.3, -0.25) is 4.79 Å². The molecule has 0 aliphatic carbocycles. The molecule has 0 fully saturated rings. The average Bonchev–Trinajstić information content (AvgIpc) is 2.65. The quantitative estimate of drug-likeness (QED) is 0.447. The zero-order valence-corrected chi connectivity index (χ0v) is 16.5. The van der Waals surface area contributed by atoms with Crippen LogP contribution in [0.2, 0.25) is 10.0 Å². The number of carbonyl (C=O) groups excluding carboxylic acids is 2. The zero-order chi connectivity index (χ0) is 19.6. The molecule has 1 N–H and O–H groups in total. The summed E-state index contributed by atoms with van der Waals surface area (Å²) in [5.41, 5.74) is 0.953. The van der Waals surface area contributed by atoms with Crippen molar-refractivity contribution in [3.8, 4) is 5.75 Å². The highest BCUT2D eigenvalue weighted by Crippen LogP contribution is 2.27. The fourth-order valence-electron chi connectivity index (χ4n) is 2.23. The fraction of sp³-hybridized carbons (Fsp3) is 0.300. The van der Waals surface area contributed by atoms with E-state index in [2.05, 4.69) is 5.32 Å². The monoisotopic (exact) mass is 409 g/mol. The van der Waals surface area contributed by atoms with Crippen molar-refractivity contribution in [2.75, 3.05) is 18.5 Å². The van der Waals surface area contributed by atoms with Gasteiger partial charge in [0, 0.05) is 17.1 Å². The molecule has 5 nitrogen and oxygen atoms in total. The minimum absolute atomic E-state index is 0.167. The zero-order valence-electron chi connectivity index (χ0n) is 15.0. The Balaban J connectivity index is 1.77. The van der Waals surface area contributed by atoms with E-state index in [4.69, 9.17) is 32.7 Å². The van der Waals surface area contributed by atoms with Crippen molar-refractivity contribution in [1.29, 1.82) is 0 Å². The topological polar surface area (TPSA) is 64.6 Å². The van der Waals surface area contributed by atoms with Crippen molar-refractivity contribution in [1.82, 2.24) is 0 Å². The molecule has 7 heteroatoms. The molecule has 0 aliphatic heterocycles. The van der Waals surface area contributed by atoms with Crippen molar-refractivity contribution < 1.29 is 19.1 Å². The van der Waals surface area contributed by atoms with Crippen molar-refractivity contribution in [3.63, 3.8) is 0 Å². The molecule has 144 valence electrons. The molecule has 27 heavy (non-hydrogen) atoms. The molecule has 0 spiro atoms. The van der Waals surface area contributed by atoms with Crippen molar-refractivity contribution >= 4 is 40.8 Å². The van der Waals surface area contributed by atoms with E-state index in [1.54, 1.807) is 42.5 Å². The van der Waals surface area contributed by atoms with Gasteiger partial charge < -0.3 is 14.8 Å². The summed E-state index contributed by atoms with van der Waals surface area (Å²) in [7, 11) is 0. The number of halogens is 2.